The average Bonchev–Trinajstić information content (AvgIpc) is 2.81. The molecule has 15 heteroatoms. The van der Waals surface area contributed by atoms with Gasteiger partial charge in [0.1, 0.15) is 67.1 Å². The van der Waals surface area contributed by atoms with Gasteiger partial charge in [0.2, 0.25) is 0 Å². The van der Waals surface area contributed by atoms with Gasteiger partial charge in [-0.15, -0.1) is 0 Å². The maximum Gasteiger partial charge on any atom is 0.187 e. The first kappa shape index (κ1) is 27.0. The Morgan fingerprint density at radius 1 is 0.636 bits per heavy atom. The molecule has 0 aromatic heterocycles. The van der Waals surface area contributed by atoms with Crippen molar-refractivity contribution in [2.24, 2.45) is 0 Å². The maximum absolute atomic E-state index is 10.6. The van der Waals surface area contributed by atoms with Gasteiger partial charge in [-0.3, -0.25) is 0 Å². The Morgan fingerprint density at radius 3 is 1.79 bits per heavy atom. The van der Waals surface area contributed by atoms with Gasteiger partial charge in [-0.25, -0.2) is 0 Å². The van der Waals surface area contributed by atoms with Crippen LogP contribution >= 0.6 is 0 Å². The van der Waals surface area contributed by atoms with Gasteiger partial charge in [-0.05, 0) is 0 Å². The lowest BCUT2D eigenvalue weighted by Crippen LogP contribution is -2.66. The van der Waals surface area contributed by atoms with Crippen LogP contribution in [0.15, 0.2) is 0 Å². The van der Waals surface area contributed by atoms with E-state index in [1.807, 2.05) is 0 Å². The van der Waals surface area contributed by atoms with Gasteiger partial charge in [0.25, 0.3) is 0 Å². The predicted molar refractivity (Wildman–Crippen MR) is 100 cm³/mol. The molecule has 3 aliphatic rings. The van der Waals surface area contributed by atoms with Crippen LogP contribution in [0.4, 0.5) is 0 Å². The van der Waals surface area contributed by atoms with Crippen LogP contribution in [0.2, 0.25) is 0 Å². The van der Waals surface area contributed by atoms with E-state index < -0.39 is 106 Å². The standard InChI is InChI=1S/C18H32O15/c1-28-16-13(27)11(25)14(7(3-20)31-16)32-18-15(10(24)9(23)6(2-19)30-18)33-17-12(26)8(22)5(21)4-29-17/h5-27H,2-4H2,1H3/t5-,6-,7-,8+,9-,10+,11-,12-,13-,14-,15+,16+,17+,18+/m1/s1. The van der Waals surface area contributed by atoms with Gasteiger partial charge >= 0.3 is 0 Å². The molecule has 0 saturated carbocycles. The highest BCUT2D eigenvalue weighted by Crippen LogP contribution is 2.32. The fraction of sp³-hybridized carbons (Fsp3) is 1.00. The summed E-state index contributed by atoms with van der Waals surface area (Å²) >= 11 is 0. The molecular weight excluding hydrogens is 456 g/mol. The van der Waals surface area contributed by atoms with Crippen molar-refractivity contribution in [3.8, 4) is 0 Å². The fourth-order valence-corrected chi connectivity index (χ4v) is 3.93. The summed E-state index contributed by atoms with van der Waals surface area (Å²) in [5, 5.41) is 90.3. The summed E-state index contributed by atoms with van der Waals surface area (Å²) in [6.07, 6.45) is -21.6. The van der Waals surface area contributed by atoms with Gasteiger partial charge in [-0.1, -0.05) is 0 Å². The molecule has 0 unspecified atom stereocenters. The van der Waals surface area contributed by atoms with E-state index in [1.54, 1.807) is 0 Å². The van der Waals surface area contributed by atoms with Crippen LogP contribution in [-0.4, -0.2) is 159 Å². The Kier molecular flexibility index (Phi) is 9.35. The molecule has 3 fully saturated rings. The second-order valence-electron chi connectivity index (χ2n) is 8.10. The largest absolute Gasteiger partial charge is 0.394 e. The molecule has 0 aromatic carbocycles. The van der Waals surface area contributed by atoms with E-state index in [9.17, 15) is 46.0 Å². The van der Waals surface area contributed by atoms with Crippen LogP contribution in [-0.2, 0) is 28.4 Å². The van der Waals surface area contributed by atoms with Gasteiger partial charge < -0.3 is 74.4 Å². The van der Waals surface area contributed by atoms with Crippen molar-refractivity contribution in [2.45, 2.75) is 86.0 Å². The normalized spacial score (nSPS) is 51.5. The van der Waals surface area contributed by atoms with Crippen LogP contribution in [0.1, 0.15) is 0 Å². The number of aliphatic hydroxyl groups is 9. The van der Waals surface area contributed by atoms with E-state index in [4.69, 9.17) is 28.4 Å². The minimum atomic E-state index is -1.77. The van der Waals surface area contributed by atoms with Crippen LogP contribution < -0.4 is 0 Å². The molecule has 0 aromatic rings. The highest BCUT2D eigenvalue weighted by Gasteiger charge is 2.53. The zero-order valence-corrected chi connectivity index (χ0v) is 17.7. The van der Waals surface area contributed by atoms with E-state index in [0.717, 1.165) is 0 Å². The minimum Gasteiger partial charge on any atom is -0.394 e. The number of ether oxygens (including phenoxy) is 6. The molecule has 194 valence electrons. The van der Waals surface area contributed by atoms with Crippen LogP contribution in [0.3, 0.4) is 0 Å². The topological polar surface area (TPSA) is 237 Å². The van der Waals surface area contributed by atoms with Crippen LogP contribution in [0.5, 0.6) is 0 Å². The van der Waals surface area contributed by atoms with Gasteiger partial charge in [0, 0.05) is 7.11 Å². The smallest absolute Gasteiger partial charge is 0.187 e. The van der Waals surface area contributed by atoms with Crippen molar-refractivity contribution >= 4 is 0 Å². The Morgan fingerprint density at radius 2 is 1.18 bits per heavy atom. The molecule has 15 nitrogen and oxygen atoms in total. The highest BCUT2D eigenvalue weighted by molar-refractivity contribution is 4.95. The van der Waals surface area contributed by atoms with E-state index in [-0.39, 0.29) is 0 Å². The number of rotatable bonds is 7. The van der Waals surface area contributed by atoms with Crippen molar-refractivity contribution in [2.75, 3.05) is 26.9 Å². The summed E-state index contributed by atoms with van der Waals surface area (Å²) in [7, 11) is 1.22. The Bertz CT molecular complexity index is 609. The Balaban J connectivity index is 1.81. The lowest BCUT2D eigenvalue weighted by Gasteiger charge is -2.47. The zero-order valence-electron chi connectivity index (χ0n) is 17.7. The van der Waals surface area contributed by atoms with Crippen molar-refractivity contribution in [3.63, 3.8) is 0 Å². The molecule has 0 amide bonds. The molecule has 3 saturated heterocycles. The molecule has 9 N–H and O–H groups in total. The average molecular weight is 488 g/mol. The number of methoxy groups -OCH3 is 1. The molecular formula is C18H32O15. The summed E-state index contributed by atoms with van der Waals surface area (Å²) in [6.45, 7) is -1.82. The third-order valence-electron chi connectivity index (χ3n) is 5.91. The molecule has 0 bridgehead atoms. The lowest BCUT2D eigenvalue weighted by atomic mass is 9.96. The van der Waals surface area contributed by atoms with Crippen molar-refractivity contribution in [1.82, 2.24) is 0 Å². The summed E-state index contributed by atoms with van der Waals surface area (Å²) in [5.74, 6) is 0. The summed E-state index contributed by atoms with van der Waals surface area (Å²) in [5.41, 5.74) is 0. The first-order chi connectivity index (χ1) is 15.6. The molecule has 3 heterocycles. The second kappa shape index (κ2) is 11.4. The van der Waals surface area contributed by atoms with Crippen molar-refractivity contribution in [1.29, 1.82) is 0 Å². The van der Waals surface area contributed by atoms with Gasteiger partial charge in [0.05, 0.1) is 19.8 Å². The second-order valence-corrected chi connectivity index (χ2v) is 8.10. The predicted octanol–water partition coefficient (Wildman–Crippen LogP) is -6.28. The molecule has 0 spiro atoms. The van der Waals surface area contributed by atoms with Crippen molar-refractivity contribution < 1.29 is 74.4 Å². The molecule has 33 heavy (non-hydrogen) atoms. The quantitative estimate of drug-likeness (QED) is 0.162. The highest BCUT2D eigenvalue weighted by atomic mass is 16.8. The first-order valence-corrected chi connectivity index (χ1v) is 10.4. The third-order valence-corrected chi connectivity index (χ3v) is 5.91. The number of aliphatic hydroxyl groups excluding tert-OH is 9. The Labute approximate surface area is 188 Å². The summed E-state index contributed by atoms with van der Waals surface area (Å²) in [6, 6.07) is 0. The molecule has 3 aliphatic heterocycles. The van der Waals surface area contributed by atoms with Crippen molar-refractivity contribution in [3.05, 3.63) is 0 Å². The van der Waals surface area contributed by atoms with Crippen LogP contribution in [0.25, 0.3) is 0 Å². The van der Waals surface area contributed by atoms with Gasteiger partial charge in [-0.2, -0.15) is 0 Å². The number of hydrogen-bond acceptors (Lipinski definition) is 15. The minimum absolute atomic E-state index is 0.410. The van der Waals surface area contributed by atoms with Gasteiger partial charge in [0.15, 0.2) is 18.9 Å². The zero-order chi connectivity index (χ0) is 24.4. The summed E-state index contributed by atoms with van der Waals surface area (Å²) < 4.78 is 32.1. The number of hydrogen-bond donors (Lipinski definition) is 9. The molecule has 14 atom stereocenters. The fourth-order valence-electron chi connectivity index (χ4n) is 3.93. The van der Waals surface area contributed by atoms with E-state index in [1.165, 1.54) is 7.11 Å². The SMILES string of the molecule is CO[C@H]1O[C@H](CO)[C@@H](O[C@@H]2O[C@H](CO)[C@@H](O)[C@H](O)[C@@H]2O[C@@H]2OC[C@@H](O)[C@H](O)[C@H]2O)[C@H](O)[C@H]1O. The lowest BCUT2D eigenvalue weighted by molar-refractivity contribution is -0.382. The monoisotopic (exact) mass is 488 g/mol. The van der Waals surface area contributed by atoms with E-state index >= 15 is 0 Å². The maximum atomic E-state index is 10.6. The van der Waals surface area contributed by atoms with E-state index in [0.29, 0.717) is 0 Å². The Hall–Kier alpha value is -0.600. The third kappa shape index (κ3) is 5.48. The summed E-state index contributed by atoms with van der Waals surface area (Å²) in [4.78, 5) is 0. The molecule has 3 rings (SSSR count). The molecule has 0 radical (unpaired) electrons. The van der Waals surface area contributed by atoms with E-state index in [2.05, 4.69) is 0 Å². The first-order valence-electron chi connectivity index (χ1n) is 10.4. The molecule has 0 aliphatic carbocycles. The van der Waals surface area contributed by atoms with Crippen LogP contribution in [0, 0.1) is 0 Å².